The van der Waals surface area contributed by atoms with Crippen LogP contribution >= 0.6 is 22.9 Å². The Morgan fingerprint density at radius 1 is 1.05 bits per heavy atom. The van der Waals surface area contributed by atoms with E-state index < -0.39 is 0 Å². The number of carbonyl (C=O) groups excluding carboxylic acids is 1. The molecule has 19 heavy (non-hydrogen) atoms. The number of rotatable bonds is 3. The third-order valence-electron chi connectivity index (χ3n) is 3.01. The fraction of sp³-hybridized carbons (Fsp3) is 0.0625. The molecule has 0 N–H and O–H groups in total. The molecule has 1 aromatic heterocycles. The lowest BCUT2D eigenvalue weighted by atomic mass is 10.1. The molecule has 3 aromatic rings. The lowest BCUT2D eigenvalue weighted by molar-refractivity contribution is 0.0997. The second kappa shape index (κ2) is 5.16. The van der Waals surface area contributed by atoms with Crippen molar-refractivity contribution in [2.24, 2.45) is 0 Å². The van der Waals surface area contributed by atoms with Crippen molar-refractivity contribution in [3.05, 3.63) is 70.1 Å². The minimum absolute atomic E-state index is 0.120. The highest BCUT2D eigenvalue weighted by molar-refractivity contribution is 7.20. The summed E-state index contributed by atoms with van der Waals surface area (Å²) in [5.41, 5.74) is 0.881. The maximum atomic E-state index is 12.3. The van der Waals surface area contributed by atoms with Crippen LogP contribution in [0.25, 0.3) is 10.1 Å². The van der Waals surface area contributed by atoms with Gasteiger partial charge in [-0.05, 0) is 29.1 Å². The predicted molar refractivity (Wildman–Crippen MR) is 81.3 cm³/mol. The molecule has 3 rings (SSSR count). The molecule has 0 atom stereocenters. The summed E-state index contributed by atoms with van der Waals surface area (Å²) in [4.78, 5) is 13.1. The highest BCUT2D eigenvalue weighted by Crippen LogP contribution is 2.27. The van der Waals surface area contributed by atoms with Gasteiger partial charge in [0.2, 0.25) is 0 Å². The Hall–Kier alpha value is -1.64. The van der Waals surface area contributed by atoms with E-state index >= 15 is 0 Å². The van der Waals surface area contributed by atoms with Crippen LogP contribution in [0.15, 0.2) is 54.6 Å². The van der Waals surface area contributed by atoms with Gasteiger partial charge in [0.05, 0.1) is 4.88 Å². The molecule has 0 fully saturated rings. The van der Waals surface area contributed by atoms with Gasteiger partial charge in [0.1, 0.15) is 0 Å². The first-order chi connectivity index (χ1) is 9.24. The zero-order valence-electron chi connectivity index (χ0n) is 10.1. The minimum Gasteiger partial charge on any atom is -0.293 e. The van der Waals surface area contributed by atoms with E-state index in [2.05, 4.69) is 0 Å². The third-order valence-corrected chi connectivity index (χ3v) is 4.54. The van der Waals surface area contributed by atoms with Crippen molar-refractivity contribution in [3.8, 4) is 0 Å². The van der Waals surface area contributed by atoms with Crippen molar-refractivity contribution in [1.82, 2.24) is 0 Å². The number of ketones is 1. The molecule has 0 spiro atoms. The average molecular weight is 287 g/mol. The summed E-state index contributed by atoms with van der Waals surface area (Å²) in [6.07, 6.45) is 0.354. The average Bonchev–Trinajstić information content (AvgIpc) is 2.85. The van der Waals surface area contributed by atoms with Gasteiger partial charge in [0.25, 0.3) is 0 Å². The summed E-state index contributed by atoms with van der Waals surface area (Å²) in [5.74, 6) is 0.120. The van der Waals surface area contributed by atoms with Crippen molar-refractivity contribution < 1.29 is 4.79 Å². The normalized spacial score (nSPS) is 10.8. The lowest BCUT2D eigenvalue weighted by Crippen LogP contribution is -2.01. The van der Waals surface area contributed by atoms with Crippen molar-refractivity contribution >= 4 is 38.8 Å². The number of halogens is 1. The summed E-state index contributed by atoms with van der Waals surface area (Å²) >= 11 is 7.62. The summed E-state index contributed by atoms with van der Waals surface area (Å²) in [6, 6.07) is 17.5. The summed E-state index contributed by atoms with van der Waals surface area (Å²) in [6.45, 7) is 0. The second-order valence-corrected chi connectivity index (χ2v) is 5.83. The van der Waals surface area contributed by atoms with E-state index in [0.717, 1.165) is 20.5 Å². The zero-order chi connectivity index (χ0) is 13.2. The van der Waals surface area contributed by atoms with Crippen LogP contribution in [0.3, 0.4) is 0 Å². The number of hydrogen-bond acceptors (Lipinski definition) is 2. The number of carbonyl (C=O) groups is 1. The molecule has 0 aliphatic carbocycles. The van der Waals surface area contributed by atoms with E-state index in [0.29, 0.717) is 11.4 Å². The Balaban J connectivity index is 1.90. The first-order valence-electron chi connectivity index (χ1n) is 5.99. The molecule has 0 unspecified atom stereocenters. The van der Waals surface area contributed by atoms with E-state index in [1.54, 1.807) is 0 Å². The van der Waals surface area contributed by atoms with Gasteiger partial charge in [0.15, 0.2) is 5.78 Å². The Morgan fingerprint density at radius 3 is 2.58 bits per heavy atom. The van der Waals surface area contributed by atoms with Gasteiger partial charge in [-0.3, -0.25) is 4.79 Å². The molecule has 1 heterocycles. The van der Waals surface area contributed by atoms with Gasteiger partial charge >= 0.3 is 0 Å². The monoisotopic (exact) mass is 286 g/mol. The first kappa shape index (κ1) is 12.4. The van der Waals surface area contributed by atoms with Gasteiger partial charge in [-0.15, -0.1) is 11.3 Å². The Kier molecular flexibility index (Phi) is 3.36. The SMILES string of the molecule is O=C(Cc1ccccc1Cl)c1cc2ccccc2s1. The van der Waals surface area contributed by atoms with E-state index in [1.807, 2.05) is 54.6 Å². The molecule has 3 heteroatoms. The van der Waals surface area contributed by atoms with E-state index in [9.17, 15) is 4.79 Å². The highest BCUT2D eigenvalue weighted by atomic mass is 35.5. The van der Waals surface area contributed by atoms with Crippen molar-refractivity contribution in [1.29, 1.82) is 0 Å². The minimum atomic E-state index is 0.120. The maximum absolute atomic E-state index is 12.3. The topological polar surface area (TPSA) is 17.1 Å². The lowest BCUT2D eigenvalue weighted by Gasteiger charge is -2.01. The molecule has 0 aliphatic heterocycles. The Labute approximate surface area is 120 Å². The van der Waals surface area contributed by atoms with Crippen LogP contribution in [-0.2, 0) is 6.42 Å². The van der Waals surface area contributed by atoms with Crippen LogP contribution in [0, 0.1) is 0 Å². The maximum Gasteiger partial charge on any atom is 0.177 e. The molecule has 1 nitrogen and oxygen atoms in total. The van der Waals surface area contributed by atoms with Gasteiger partial charge in [0, 0.05) is 16.1 Å². The summed E-state index contributed by atoms with van der Waals surface area (Å²) in [5, 5.41) is 1.77. The fourth-order valence-electron chi connectivity index (χ4n) is 2.02. The molecule has 0 aliphatic rings. The first-order valence-corrected chi connectivity index (χ1v) is 7.18. The van der Waals surface area contributed by atoms with Gasteiger partial charge in [-0.2, -0.15) is 0 Å². The molecule has 0 bridgehead atoms. The van der Waals surface area contributed by atoms with Crippen molar-refractivity contribution in [3.63, 3.8) is 0 Å². The standard InChI is InChI=1S/C16H11ClOS/c17-13-7-3-1-5-11(13)9-14(18)16-10-12-6-2-4-8-15(12)19-16/h1-8,10H,9H2. The van der Waals surface area contributed by atoms with Crippen LogP contribution in [-0.4, -0.2) is 5.78 Å². The zero-order valence-corrected chi connectivity index (χ0v) is 11.7. The quantitative estimate of drug-likeness (QED) is 0.621. The Morgan fingerprint density at radius 2 is 1.79 bits per heavy atom. The Bertz CT molecular complexity index is 712. The molecule has 94 valence electrons. The number of benzene rings is 2. The van der Waals surface area contributed by atoms with E-state index in [1.165, 1.54) is 11.3 Å². The summed E-state index contributed by atoms with van der Waals surface area (Å²) < 4.78 is 1.14. The molecular weight excluding hydrogens is 276 g/mol. The molecular formula is C16H11ClOS. The molecule has 0 amide bonds. The fourth-order valence-corrected chi connectivity index (χ4v) is 3.22. The van der Waals surface area contributed by atoms with Crippen LogP contribution in [0.4, 0.5) is 0 Å². The number of Topliss-reactive ketones (excluding diaryl/α,β-unsaturated/α-hetero) is 1. The molecule has 0 saturated carbocycles. The van der Waals surface area contributed by atoms with Crippen LogP contribution in [0.2, 0.25) is 5.02 Å². The summed E-state index contributed by atoms with van der Waals surface area (Å²) in [7, 11) is 0. The van der Waals surface area contributed by atoms with Gasteiger partial charge in [-0.25, -0.2) is 0 Å². The smallest absolute Gasteiger partial charge is 0.177 e. The van der Waals surface area contributed by atoms with E-state index in [-0.39, 0.29) is 5.78 Å². The van der Waals surface area contributed by atoms with Crippen LogP contribution < -0.4 is 0 Å². The van der Waals surface area contributed by atoms with E-state index in [4.69, 9.17) is 11.6 Å². The van der Waals surface area contributed by atoms with Crippen molar-refractivity contribution in [2.75, 3.05) is 0 Å². The predicted octanol–water partition coefficient (Wildman–Crippen LogP) is 4.98. The molecule has 0 radical (unpaired) electrons. The number of thiophene rings is 1. The van der Waals surface area contributed by atoms with Gasteiger partial charge in [-0.1, -0.05) is 48.0 Å². The van der Waals surface area contributed by atoms with Crippen molar-refractivity contribution in [2.45, 2.75) is 6.42 Å². The van der Waals surface area contributed by atoms with Gasteiger partial charge < -0.3 is 0 Å². The third kappa shape index (κ3) is 2.55. The van der Waals surface area contributed by atoms with Crippen LogP contribution in [0.5, 0.6) is 0 Å². The molecule has 0 saturated heterocycles. The second-order valence-electron chi connectivity index (χ2n) is 4.34. The van der Waals surface area contributed by atoms with Crippen LogP contribution in [0.1, 0.15) is 15.2 Å². The highest BCUT2D eigenvalue weighted by Gasteiger charge is 2.12. The molecule has 2 aromatic carbocycles. The number of fused-ring (bicyclic) bond motifs is 1. The number of hydrogen-bond donors (Lipinski definition) is 0. The largest absolute Gasteiger partial charge is 0.293 e.